The van der Waals surface area contributed by atoms with E-state index >= 15 is 0 Å². The fraction of sp³-hybridized carbons (Fsp3) is 0.346. The zero-order valence-electron chi connectivity index (χ0n) is 20.8. The number of ether oxygens (including phenoxy) is 2. The van der Waals surface area contributed by atoms with Gasteiger partial charge in [-0.25, -0.2) is 9.36 Å². The maximum atomic E-state index is 13.0. The fourth-order valence-electron chi connectivity index (χ4n) is 4.34. The van der Waals surface area contributed by atoms with Crippen LogP contribution in [0.15, 0.2) is 54.7 Å². The van der Waals surface area contributed by atoms with Crippen LogP contribution in [0.3, 0.4) is 0 Å². The lowest BCUT2D eigenvalue weighted by Gasteiger charge is -2.22. The highest BCUT2D eigenvalue weighted by molar-refractivity contribution is 5.86. The van der Waals surface area contributed by atoms with Crippen LogP contribution in [0.25, 0.3) is 16.6 Å². The van der Waals surface area contributed by atoms with Crippen LogP contribution in [0, 0.1) is 0 Å². The van der Waals surface area contributed by atoms with Gasteiger partial charge in [0.1, 0.15) is 18.6 Å². The van der Waals surface area contributed by atoms with Gasteiger partial charge in [-0.3, -0.25) is 4.79 Å². The minimum Gasteiger partial charge on any atom is -0.487 e. The molecule has 4 aromatic rings. The molecule has 1 atom stereocenters. The molecule has 2 aromatic carbocycles. The average Bonchev–Trinajstić information content (AvgIpc) is 3.55. The van der Waals surface area contributed by atoms with Gasteiger partial charge in [-0.2, -0.15) is 36.5 Å². The molecule has 0 bridgehead atoms. The highest BCUT2D eigenvalue weighted by atomic mass is 19.4. The number of carbonyl (C=O) groups is 1. The summed E-state index contributed by atoms with van der Waals surface area (Å²) in [6, 6.07) is 10.7. The van der Waals surface area contributed by atoms with Gasteiger partial charge in [-0.15, -0.1) is 0 Å². The van der Waals surface area contributed by atoms with E-state index in [1.54, 1.807) is 40.5 Å². The molecular weight excluding hydrogens is 544 g/mol. The van der Waals surface area contributed by atoms with Crippen molar-refractivity contribution in [3.05, 3.63) is 71.7 Å². The van der Waals surface area contributed by atoms with E-state index in [9.17, 15) is 31.1 Å². The standard InChI is InChI=1S/C26H23F6N5O3/c27-25(28,29)16-4-6-18(7-5-16)37-22-9-8-19(13-20(22)21(35-37)14-33-24(38)26(30,31)32)40-15-17-10-11-36(34-17)23-3-1-2-12-39-23/h4-11,13,23H,1-3,12,14-15H2,(H,33,38). The number of halogens is 6. The van der Waals surface area contributed by atoms with Crippen molar-refractivity contribution < 1.29 is 40.6 Å². The Labute approximate surface area is 223 Å². The van der Waals surface area contributed by atoms with Crippen molar-refractivity contribution >= 4 is 16.8 Å². The number of hydrogen-bond donors (Lipinski definition) is 1. The number of carbonyl (C=O) groups excluding carboxylic acids is 1. The Morgan fingerprint density at radius 3 is 2.48 bits per heavy atom. The van der Waals surface area contributed by atoms with Crippen LogP contribution in [0.2, 0.25) is 0 Å². The molecule has 0 aliphatic carbocycles. The van der Waals surface area contributed by atoms with Gasteiger partial charge in [-0.05, 0) is 67.8 Å². The van der Waals surface area contributed by atoms with Crippen LogP contribution in [-0.2, 0) is 28.9 Å². The Balaban J connectivity index is 1.40. The molecule has 1 fully saturated rings. The Kier molecular flexibility index (Phi) is 7.45. The molecule has 0 spiro atoms. The molecule has 1 amide bonds. The Hall–Kier alpha value is -4.07. The number of rotatable bonds is 7. The quantitative estimate of drug-likeness (QED) is 0.290. The number of nitrogens with one attached hydrogen (secondary N) is 1. The second kappa shape index (κ2) is 10.8. The third-order valence-electron chi connectivity index (χ3n) is 6.34. The minimum atomic E-state index is -5.09. The summed E-state index contributed by atoms with van der Waals surface area (Å²) in [5.74, 6) is -1.79. The maximum Gasteiger partial charge on any atom is 0.471 e. The molecule has 14 heteroatoms. The first-order chi connectivity index (χ1) is 19.0. The van der Waals surface area contributed by atoms with Gasteiger partial charge in [0.05, 0.1) is 34.7 Å². The molecule has 3 heterocycles. The first-order valence-corrected chi connectivity index (χ1v) is 12.3. The van der Waals surface area contributed by atoms with E-state index in [0.29, 0.717) is 29.0 Å². The number of alkyl halides is 6. The SMILES string of the molecule is O=C(NCc1nn(-c2ccc(C(F)(F)F)cc2)c2ccc(OCc3ccn(C4CCCCO4)n3)cc12)C(F)(F)F. The van der Waals surface area contributed by atoms with Gasteiger partial charge in [0.25, 0.3) is 0 Å². The van der Waals surface area contributed by atoms with E-state index in [2.05, 4.69) is 10.2 Å². The summed E-state index contributed by atoms with van der Waals surface area (Å²) in [6.07, 6.45) is -5.06. The molecule has 1 unspecified atom stereocenters. The predicted molar refractivity (Wildman–Crippen MR) is 129 cm³/mol. The average molecular weight is 567 g/mol. The van der Waals surface area contributed by atoms with E-state index in [0.717, 1.165) is 31.4 Å². The topological polar surface area (TPSA) is 83.2 Å². The first-order valence-electron chi connectivity index (χ1n) is 12.3. The fourth-order valence-corrected chi connectivity index (χ4v) is 4.34. The van der Waals surface area contributed by atoms with Crippen molar-refractivity contribution in [2.75, 3.05) is 6.61 Å². The summed E-state index contributed by atoms with van der Waals surface area (Å²) in [5, 5.41) is 10.9. The van der Waals surface area contributed by atoms with Crippen LogP contribution in [0.4, 0.5) is 26.3 Å². The van der Waals surface area contributed by atoms with Crippen molar-refractivity contribution in [2.45, 2.75) is 51.0 Å². The van der Waals surface area contributed by atoms with Crippen LogP contribution in [0.5, 0.6) is 5.75 Å². The van der Waals surface area contributed by atoms with Crippen LogP contribution < -0.4 is 10.1 Å². The number of benzene rings is 2. The lowest BCUT2D eigenvalue weighted by molar-refractivity contribution is -0.173. The molecule has 1 N–H and O–H groups in total. The molecule has 0 saturated carbocycles. The molecule has 5 rings (SSSR count). The normalized spacial score (nSPS) is 16.3. The zero-order valence-corrected chi connectivity index (χ0v) is 20.8. The largest absolute Gasteiger partial charge is 0.487 e. The second-order valence-electron chi connectivity index (χ2n) is 9.16. The summed E-state index contributed by atoms with van der Waals surface area (Å²) in [6.45, 7) is 0.193. The van der Waals surface area contributed by atoms with Gasteiger partial charge >= 0.3 is 18.3 Å². The second-order valence-corrected chi connectivity index (χ2v) is 9.16. The summed E-state index contributed by atoms with van der Waals surface area (Å²) < 4.78 is 91.9. The van der Waals surface area contributed by atoms with E-state index in [1.165, 1.54) is 16.8 Å². The zero-order chi connectivity index (χ0) is 28.5. The third-order valence-corrected chi connectivity index (χ3v) is 6.34. The summed E-state index contributed by atoms with van der Waals surface area (Å²) in [5.41, 5.74) is 0.472. The maximum absolute atomic E-state index is 13.0. The predicted octanol–water partition coefficient (Wildman–Crippen LogP) is 5.70. The van der Waals surface area contributed by atoms with E-state index < -0.39 is 30.4 Å². The van der Waals surface area contributed by atoms with Gasteiger partial charge in [0, 0.05) is 18.2 Å². The summed E-state index contributed by atoms with van der Waals surface area (Å²) in [4.78, 5) is 11.4. The van der Waals surface area contributed by atoms with Gasteiger partial charge in [-0.1, -0.05) is 0 Å². The molecule has 212 valence electrons. The van der Waals surface area contributed by atoms with Crippen molar-refractivity contribution in [1.82, 2.24) is 24.9 Å². The molecule has 1 aliphatic rings. The van der Waals surface area contributed by atoms with Gasteiger partial charge < -0.3 is 14.8 Å². The Morgan fingerprint density at radius 1 is 1.02 bits per heavy atom. The minimum absolute atomic E-state index is 0.0664. The van der Waals surface area contributed by atoms with Crippen LogP contribution in [0.1, 0.15) is 42.4 Å². The summed E-state index contributed by atoms with van der Waals surface area (Å²) >= 11 is 0. The smallest absolute Gasteiger partial charge is 0.471 e. The van der Waals surface area contributed by atoms with Crippen LogP contribution >= 0.6 is 0 Å². The van der Waals surface area contributed by atoms with Gasteiger partial charge in [0.2, 0.25) is 0 Å². The highest BCUT2D eigenvalue weighted by Gasteiger charge is 2.38. The summed E-state index contributed by atoms with van der Waals surface area (Å²) in [7, 11) is 0. The van der Waals surface area contributed by atoms with Crippen molar-refractivity contribution in [3.8, 4) is 11.4 Å². The first kappa shape index (κ1) is 27.5. The molecular formula is C26H23F6N5O3. The van der Waals surface area contributed by atoms with Crippen molar-refractivity contribution in [2.24, 2.45) is 0 Å². The van der Waals surface area contributed by atoms with E-state index in [1.807, 2.05) is 0 Å². The number of aromatic nitrogens is 4. The highest BCUT2D eigenvalue weighted by Crippen LogP contribution is 2.31. The Bertz CT molecular complexity index is 1490. The lowest BCUT2D eigenvalue weighted by atomic mass is 10.1. The third kappa shape index (κ3) is 6.06. The van der Waals surface area contributed by atoms with Crippen molar-refractivity contribution in [1.29, 1.82) is 0 Å². The number of amides is 1. The molecule has 1 saturated heterocycles. The molecule has 2 aromatic heterocycles. The molecule has 1 aliphatic heterocycles. The number of hydrogen-bond acceptors (Lipinski definition) is 5. The molecule has 0 radical (unpaired) electrons. The van der Waals surface area contributed by atoms with Gasteiger partial charge in [0.15, 0.2) is 0 Å². The van der Waals surface area contributed by atoms with Crippen LogP contribution in [-0.4, -0.2) is 38.3 Å². The lowest BCUT2D eigenvalue weighted by Crippen LogP contribution is -2.36. The molecule has 8 nitrogen and oxygen atoms in total. The number of fused-ring (bicyclic) bond motifs is 1. The Morgan fingerprint density at radius 2 is 1.80 bits per heavy atom. The molecule has 40 heavy (non-hydrogen) atoms. The van der Waals surface area contributed by atoms with E-state index in [4.69, 9.17) is 9.47 Å². The monoisotopic (exact) mass is 567 g/mol. The van der Waals surface area contributed by atoms with Crippen molar-refractivity contribution in [3.63, 3.8) is 0 Å². The number of nitrogens with zero attached hydrogens (tertiary/aromatic N) is 4. The van der Waals surface area contributed by atoms with E-state index in [-0.39, 0.29) is 24.2 Å².